The quantitative estimate of drug-likeness (QED) is 0.815. The number of benzene rings is 1. The Balaban J connectivity index is 2.71. The van der Waals surface area contributed by atoms with Crippen LogP contribution in [0, 0.1) is 11.7 Å². The van der Waals surface area contributed by atoms with Crippen molar-refractivity contribution >= 4 is 0 Å². The first-order chi connectivity index (χ1) is 8.97. The zero-order valence-corrected chi connectivity index (χ0v) is 12.4. The van der Waals surface area contributed by atoms with Crippen molar-refractivity contribution in [1.82, 2.24) is 4.90 Å². The highest BCUT2D eigenvalue weighted by atomic mass is 19.1. The predicted molar refractivity (Wildman–Crippen MR) is 77.5 cm³/mol. The van der Waals surface area contributed by atoms with E-state index in [0.29, 0.717) is 11.6 Å². The maximum atomic E-state index is 13.7. The number of nitrogens with zero attached hydrogens (tertiary/aromatic N) is 1. The largest absolute Gasteiger partial charge is 0.388 e. The van der Waals surface area contributed by atoms with Gasteiger partial charge in [0.25, 0.3) is 0 Å². The van der Waals surface area contributed by atoms with Crippen molar-refractivity contribution in [1.29, 1.82) is 0 Å². The van der Waals surface area contributed by atoms with E-state index in [1.54, 1.807) is 18.2 Å². The lowest BCUT2D eigenvalue weighted by Crippen LogP contribution is -2.37. The molecule has 1 N–H and O–H groups in total. The molecule has 0 spiro atoms. The number of aliphatic hydroxyl groups is 1. The van der Waals surface area contributed by atoms with E-state index < -0.39 is 6.10 Å². The summed E-state index contributed by atoms with van der Waals surface area (Å²) in [6, 6.07) is 6.91. The van der Waals surface area contributed by atoms with Crippen LogP contribution in [0.25, 0.3) is 0 Å². The molecule has 108 valence electrons. The predicted octanol–water partition coefficient (Wildman–Crippen LogP) is 3.62. The van der Waals surface area contributed by atoms with Gasteiger partial charge in [0, 0.05) is 18.2 Å². The van der Waals surface area contributed by atoms with Gasteiger partial charge in [0.05, 0.1) is 6.10 Å². The molecule has 0 saturated carbocycles. The standard InChI is InChI=1S/C16H26FNO/c1-5-10-18(12(2)3)11-13(4)16(19)14-8-6-7-9-15(14)17/h6-9,12-13,16,19H,5,10-11H2,1-4H3. The molecule has 1 aromatic carbocycles. The number of halogens is 1. The zero-order chi connectivity index (χ0) is 14.4. The number of rotatable bonds is 7. The molecule has 0 bridgehead atoms. The number of hydrogen-bond acceptors (Lipinski definition) is 2. The Morgan fingerprint density at radius 1 is 1.21 bits per heavy atom. The molecule has 2 atom stereocenters. The molecule has 1 aromatic rings. The zero-order valence-electron chi connectivity index (χ0n) is 12.4. The van der Waals surface area contributed by atoms with Gasteiger partial charge in [-0.1, -0.05) is 32.0 Å². The molecular formula is C16H26FNO. The fourth-order valence-corrected chi connectivity index (χ4v) is 2.34. The highest BCUT2D eigenvalue weighted by Gasteiger charge is 2.22. The van der Waals surface area contributed by atoms with E-state index in [2.05, 4.69) is 25.7 Å². The highest BCUT2D eigenvalue weighted by molar-refractivity contribution is 5.20. The third-order valence-corrected chi connectivity index (χ3v) is 3.53. The van der Waals surface area contributed by atoms with Gasteiger partial charge < -0.3 is 10.0 Å². The molecule has 0 heterocycles. The molecule has 0 amide bonds. The molecule has 0 aromatic heterocycles. The summed E-state index contributed by atoms with van der Waals surface area (Å²) < 4.78 is 13.7. The normalized spacial score (nSPS) is 14.9. The van der Waals surface area contributed by atoms with Crippen LogP contribution in [0.5, 0.6) is 0 Å². The monoisotopic (exact) mass is 267 g/mol. The number of hydrogen-bond donors (Lipinski definition) is 1. The van der Waals surface area contributed by atoms with Crippen molar-refractivity contribution in [2.75, 3.05) is 13.1 Å². The van der Waals surface area contributed by atoms with Gasteiger partial charge >= 0.3 is 0 Å². The lowest BCUT2D eigenvalue weighted by Gasteiger charge is -2.31. The van der Waals surface area contributed by atoms with E-state index in [-0.39, 0.29) is 11.7 Å². The minimum absolute atomic E-state index is 0.00542. The van der Waals surface area contributed by atoms with Crippen molar-refractivity contribution < 1.29 is 9.50 Å². The summed E-state index contributed by atoms with van der Waals surface area (Å²) >= 11 is 0. The first-order valence-corrected chi connectivity index (χ1v) is 7.13. The van der Waals surface area contributed by atoms with E-state index in [1.807, 2.05) is 6.92 Å². The van der Waals surface area contributed by atoms with Crippen LogP contribution in [0.4, 0.5) is 4.39 Å². The lowest BCUT2D eigenvalue weighted by molar-refractivity contribution is 0.0758. The average molecular weight is 267 g/mol. The first kappa shape index (κ1) is 16.1. The Morgan fingerprint density at radius 2 is 1.84 bits per heavy atom. The first-order valence-electron chi connectivity index (χ1n) is 7.13. The SMILES string of the molecule is CCCN(CC(C)C(O)c1ccccc1F)C(C)C. The van der Waals surface area contributed by atoms with Gasteiger partial charge in [0.15, 0.2) is 0 Å². The van der Waals surface area contributed by atoms with Crippen LogP contribution in [0.3, 0.4) is 0 Å². The van der Waals surface area contributed by atoms with Crippen LogP contribution in [0.1, 0.15) is 45.8 Å². The van der Waals surface area contributed by atoms with Crippen molar-refractivity contribution in [3.05, 3.63) is 35.6 Å². The van der Waals surface area contributed by atoms with Gasteiger partial charge in [0.2, 0.25) is 0 Å². The summed E-state index contributed by atoms with van der Waals surface area (Å²) in [7, 11) is 0. The molecule has 2 nitrogen and oxygen atoms in total. The van der Waals surface area contributed by atoms with Gasteiger partial charge in [-0.3, -0.25) is 0 Å². The van der Waals surface area contributed by atoms with Crippen LogP contribution in [0.2, 0.25) is 0 Å². The molecule has 3 heteroatoms. The Bertz CT molecular complexity index is 381. The molecular weight excluding hydrogens is 241 g/mol. The second kappa shape index (κ2) is 7.61. The van der Waals surface area contributed by atoms with E-state index >= 15 is 0 Å². The lowest BCUT2D eigenvalue weighted by atomic mass is 9.96. The van der Waals surface area contributed by atoms with Gasteiger partial charge in [-0.2, -0.15) is 0 Å². The van der Waals surface area contributed by atoms with Crippen LogP contribution in [-0.2, 0) is 0 Å². The molecule has 19 heavy (non-hydrogen) atoms. The minimum Gasteiger partial charge on any atom is -0.388 e. The van der Waals surface area contributed by atoms with Crippen molar-refractivity contribution in [3.8, 4) is 0 Å². The van der Waals surface area contributed by atoms with E-state index in [1.165, 1.54) is 6.07 Å². The molecule has 0 fully saturated rings. The molecule has 0 saturated heterocycles. The summed E-state index contributed by atoms with van der Waals surface area (Å²) in [6.45, 7) is 10.2. The Hall–Kier alpha value is -0.930. The second-order valence-corrected chi connectivity index (χ2v) is 5.53. The average Bonchev–Trinajstić information content (AvgIpc) is 2.37. The van der Waals surface area contributed by atoms with Crippen LogP contribution < -0.4 is 0 Å². The van der Waals surface area contributed by atoms with Gasteiger partial charge in [-0.15, -0.1) is 0 Å². The molecule has 0 aliphatic heterocycles. The smallest absolute Gasteiger partial charge is 0.129 e. The Morgan fingerprint density at radius 3 is 2.37 bits per heavy atom. The molecule has 0 aliphatic rings. The summed E-state index contributed by atoms with van der Waals surface area (Å²) in [5.41, 5.74) is 0.398. The summed E-state index contributed by atoms with van der Waals surface area (Å²) in [4.78, 5) is 2.33. The van der Waals surface area contributed by atoms with Crippen molar-refractivity contribution in [2.45, 2.75) is 46.3 Å². The highest BCUT2D eigenvalue weighted by Crippen LogP contribution is 2.25. The van der Waals surface area contributed by atoms with E-state index in [0.717, 1.165) is 19.5 Å². The summed E-state index contributed by atoms with van der Waals surface area (Å²) in [6.07, 6.45) is 0.333. The Labute approximate surface area is 116 Å². The van der Waals surface area contributed by atoms with Crippen molar-refractivity contribution in [2.24, 2.45) is 5.92 Å². The van der Waals surface area contributed by atoms with Crippen molar-refractivity contribution in [3.63, 3.8) is 0 Å². The summed E-state index contributed by atoms with van der Waals surface area (Å²) in [5.74, 6) is -0.320. The molecule has 0 aliphatic carbocycles. The maximum absolute atomic E-state index is 13.7. The number of aliphatic hydroxyl groups excluding tert-OH is 1. The summed E-state index contributed by atoms with van der Waals surface area (Å²) in [5, 5.41) is 10.3. The topological polar surface area (TPSA) is 23.5 Å². The molecule has 0 radical (unpaired) electrons. The third kappa shape index (κ3) is 4.59. The fraction of sp³-hybridized carbons (Fsp3) is 0.625. The fourth-order valence-electron chi connectivity index (χ4n) is 2.34. The van der Waals surface area contributed by atoms with Gasteiger partial charge in [-0.25, -0.2) is 4.39 Å². The van der Waals surface area contributed by atoms with Crippen LogP contribution >= 0.6 is 0 Å². The van der Waals surface area contributed by atoms with Gasteiger partial charge in [-0.05, 0) is 38.8 Å². The van der Waals surface area contributed by atoms with Crippen LogP contribution in [-0.4, -0.2) is 29.1 Å². The van der Waals surface area contributed by atoms with Crippen LogP contribution in [0.15, 0.2) is 24.3 Å². The maximum Gasteiger partial charge on any atom is 0.129 e. The van der Waals surface area contributed by atoms with E-state index in [9.17, 15) is 9.50 Å². The Kier molecular flexibility index (Phi) is 6.46. The third-order valence-electron chi connectivity index (χ3n) is 3.53. The molecule has 2 unspecified atom stereocenters. The molecule has 1 rings (SSSR count). The minimum atomic E-state index is -0.751. The van der Waals surface area contributed by atoms with E-state index in [4.69, 9.17) is 0 Å². The van der Waals surface area contributed by atoms with Gasteiger partial charge in [0.1, 0.15) is 5.82 Å². The second-order valence-electron chi connectivity index (χ2n) is 5.53.